The van der Waals surface area contributed by atoms with Gasteiger partial charge >= 0.3 is 532 Å². The van der Waals surface area contributed by atoms with Gasteiger partial charge in [0.15, 0.2) is 0 Å². The summed E-state index contributed by atoms with van der Waals surface area (Å²) in [6.07, 6.45) is 0. The Bertz CT molecular complexity index is 6550. The molecule has 6 nitrogen and oxygen atoms in total. The minimum absolute atomic E-state index is 0.0814. The van der Waals surface area contributed by atoms with E-state index in [4.69, 9.17) is 29.9 Å². The molecule has 0 unspecified atom stereocenters. The first-order valence-electron chi connectivity index (χ1n) is 32.9. The molecular weight excluding hydrogens is 1320 g/mol. The predicted octanol–water partition coefficient (Wildman–Crippen LogP) is 22.7. The number of rotatable bonds is 8. The van der Waals surface area contributed by atoms with Crippen LogP contribution in [-0.2, 0) is 0 Å². The monoisotopic (exact) mass is 1380 g/mol. The van der Waals surface area contributed by atoms with E-state index >= 15 is 0 Å². The van der Waals surface area contributed by atoms with Crippen molar-refractivity contribution in [3.63, 3.8) is 0 Å². The molecule has 0 aliphatic rings. The van der Waals surface area contributed by atoms with Crippen LogP contribution >= 0.6 is 0 Å². The molecule has 0 aliphatic heterocycles. The van der Waals surface area contributed by atoms with Gasteiger partial charge in [-0.3, -0.25) is 0 Å². The van der Waals surface area contributed by atoms with Gasteiger partial charge in [0.1, 0.15) is 0 Å². The summed E-state index contributed by atoms with van der Waals surface area (Å²) in [7, 11) is 0. The molecule has 0 atom stereocenters. The molecule has 4 aromatic heterocycles. The number of fused-ring (bicyclic) bond motifs is 16. The van der Waals surface area contributed by atoms with Crippen LogP contribution in [0.2, 0.25) is 0 Å². The molecule has 0 radical (unpaired) electrons. The fraction of sp³-hybridized carbons (Fsp3) is 0. The van der Waals surface area contributed by atoms with Crippen LogP contribution in [0.25, 0.3) is 194 Å². The SMILES string of the molecule is c1ccc(-c2nc(-c3ccc4c(c3)[se]c3c(-c5ccccc5)cccc34)nc(-c3ccc4ccc5c6ccccc6ccc5c4c3)n2)cc1.c1ccc(-c2nc(-c3ccc4ccc5c6ccccc6ccc5c4c3)nc(-c3cccc4c3[se]c3c(-c5ccccc5)cccc34)n2)cc1. The fourth-order valence-electron chi connectivity index (χ4n) is 14.2. The van der Waals surface area contributed by atoms with Gasteiger partial charge in [0.2, 0.25) is 0 Å². The van der Waals surface area contributed by atoms with E-state index in [1.807, 2.05) is 36.4 Å². The van der Waals surface area contributed by atoms with Gasteiger partial charge in [-0.1, -0.05) is 42.5 Å². The van der Waals surface area contributed by atoms with E-state index in [1.54, 1.807) is 0 Å². The van der Waals surface area contributed by atoms with Crippen LogP contribution in [0.15, 0.2) is 328 Å². The van der Waals surface area contributed by atoms with Gasteiger partial charge in [-0.25, -0.2) is 0 Å². The summed E-state index contributed by atoms with van der Waals surface area (Å²) in [5.74, 6) is 4.09. The second-order valence-corrected chi connectivity index (χ2v) is 29.2. The van der Waals surface area contributed by atoms with Crippen molar-refractivity contribution < 1.29 is 0 Å². The zero-order chi connectivity index (χ0) is 64.6. The van der Waals surface area contributed by atoms with Crippen LogP contribution in [0.1, 0.15) is 0 Å². The van der Waals surface area contributed by atoms with Gasteiger partial charge < -0.3 is 0 Å². The average Bonchev–Trinajstić information content (AvgIpc) is 1.50. The van der Waals surface area contributed by atoms with Crippen LogP contribution in [-0.4, -0.2) is 58.9 Å². The quantitative estimate of drug-likeness (QED) is 0.111. The molecule has 0 saturated carbocycles. The molecular formula is C90H54N6Se2. The molecule has 16 aromatic carbocycles. The molecule has 0 N–H and O–H groups in total. The van der Waals surface area contributed by atoms with Crippen molar-refractivity contribution in [1.29, 1.82) is 0 Å². The molecule has 0 spiro atoms. The van der Waals surface area contributed by atoms with Crippen LogP contribution in [0.5, 0.6) is 0 Å². The van der Waals surface area contributed by atoms with E-state index < -0.39 is 0 Å². The topological polar surface area (TPSA) is 77.3 Å². The van der Waals surface area contributed by atoms with Crippen molar-refractivity contribution in [2.75, 3.05) is 0 Å². The van der Waals surface area contributed by atoms with Crippen molar-refractivity contribution in [3.8, 4) is 90.6 Å². The van der Waals surface area contributed by atoms with Gasteiger partial charge in [-0.05, 0) is 5.39 Å². The van der Waals surface area contributed by atoms with Gasteiger partial charge in [0, 0.05) is 0 Å². The van der Waals surface area contributed by atoms with Gasteiger partial charge in [-0.2, -0.15) is 0 Å². The second-order valence-electron chi connectivity index (χ2n) is 24.8. The Morgan fingerprint density at radius 2 is 0.469 bits per heavy atom. The van der Waals surface area contributed by atoms with E-state index in [2.05, 4.69) is 291 Å². The summed E-state index contributed by atoms with van der Waals surface area (Å²) >= 11 is 0.243. The van der Waals surface area contributed by atoms with Crippen LogP contribution in [0.4, 0.5) is 0 Å². The van der Waals surface area contributed by atoms with E-state index in [0.29, 0.717) is 34.9 Å². The summed E-state index contributed by atoms with van der Waals surface area (Å²) in [6, 6.07) is 117. The summed E-state index contributed by atoms with van der Waals surface area (Å²) in [6.45, 7) is 0. The molecule has 4 heterocycles. The number of hydrogen-bond donors (Lipinski definition) is 0. The minimum atomic E-state index is 0.0814. The third-order valence-corrected chi connectivity index (χ3v) is 24.3. The Morgan fingerprint density at radius 1 is 0.163 bits per heavy atom. The number of hydrogen-bond acceptors (Lipinski definition) is 6. The van der Waals surface area contributed by atoms with E-state index in [-0.39, 0.29) is 29.0 Å². The first-order valence-corrected chi connectivity index (χ1v) is 36.3. The molecule has 20 aromatic rings. The Labute approximate surface area is 576 Å². The molecule has 0 aliphatic carbocycles. The Kier molecular flexibility index (Phi) is 14.2. The standard InChI is InChI=1S/2C45H27N3Se/c1-3-11-28(12-4-1)34-17-9-18-37-38-19-10-20-39(42(38)49-41(34)37)45-47-43(31-14-5-2-6-15-31)46-44(48-45)32-22-21-30-24-25-35-33-16-8-7-13-29(33)23-26-36(35)40(30)27-32;1-3-10-28(11-4-1)35-16-9-17-39-38-25-22-33(27-41(38)49-42(35)39)45-47-43(31-13-5-2-6-14-31)46-44(48-45)32-19-18-30-21-23-36-34-15-8-7-12-29(34)20-24-37(36)40(30)26-32/h2*1-27H. The summed E-state index contributed by atoms with van der Waals surface area (Å²) in [5, 5.41) is 20.0. The van der Waals surface area contributed by atoms with Gasteiger partial charge in [0.05, 0.1) is 0 Å². The van der Waals surface area contributed by atoms with Gasteiger partial charge in [0.25, 0.3) is 0 Å². The molecule has 98 heavy (non-hydrogen) atoms. The third kappa shape index (κ3) is 10.2. The van der Waals surface area contributed by atoms with Crippen molar-refractivity contribution in [1.82, 2.24) is 29.9 Å². The van der Waals surface area contributed by atoms with Crippen molar-refractivity contribution in [2.24, 2.45) is 0 Å². The fourth-order valence-corrected chi connectivity index (χ4v) is 19.7. The molecule has 0 amide bonds. The normalized spacial score (nSPS) is 11.7. The summed E-state index contributed by atoms with van der Waals surface area (Å²) < 4.78 is 5.53. The maximum atomic E-state index is 5.24. The van der Waals surface area contributed by atoms with Crippen LogP contribution in [0, 0.1) is 0 Å². The van der Waals surface area contributed by atoms with E-state index in [9.17, 15) is 0 Å². The number of benzene rings is 16. The Hall–Kier alpha value is -11.9. The zero-order valence-electron chi connectivity index (χ0n) is 52.7. The van der Waals surface area contributed by atoms with Crippen molar-refractivity contribution in [3.05, 3.63) is 328 Å². The Morgan fingerprint density at radius 3 is 0.939 bits per heavy atom. The van der Waals surface area contributed by atoms with E-state index in [1.165, 1.54) is 125 Å². The Balaban J connectivity index is 0.000000137. The van der Waals surface area contributed by atoms with Gasteiger partial charge in [-0.15, -0.1) is 0 Å². The first kappa shape index (κ1) is 57.6. The van der Waals surface area contributed by atoms with E-state index in [0.717, 1.165) is 33.4 Å². The molecule has 8 heteroatoms. The summed E-state index contributed by atoms with van der Waals surface area (Å²) in [4.78, 5) is 30.8. The zero-order valence-corrected chi connectivity index (χ0v) is 56.1. The second kappa shape index (κ2) is 24.1. The van der Waals surface area contributed by atoms with Crippen molar-refractivity contribution >= 4 is 132 Å². The molecule has 0 fully saturated rings. The molecule has 456 valence electrons. The molecule has 0 saturated heterocycles. The number of aromatic nitrogens is 6. The van der Waals surface area contributed by atoms with Crippen molar-refractivity contribution in [2.45, 2.75) is 0 Å². The van der Waals surface area contributed by atoms with Crippen LogP contribution in [0.3, 0.4) is 0 Å². The predicted molar refractivity (Wildman–Crippen MR) is 412 cm³/mol. The number of nitrogens with zero attached hydrogens (tertiary/aromatic N) is 6. The molecule has 20 rings (SSSR count). The average molecular weight is 1380 g/mol. The summed E-state index contributed by atoms with van der Waals surface area (Å²) in [5.41, 5.74) is 11.1. The first-order chi connectivity index (χ1) is 48.5. The molecule has 0 bridgehead atoms. The third-order valence-electron chi connectivity index (χ3n) is 19.0. The van der Waals surface area contributed by atoms with Crippen LogP contribution < -0.4 is 0 Å². The maximum absolute atomic E-state index is 5.24.